The number of amides is 2. The summed E-state index contributed by atoms with van der Waals surface area (Å²) in [7, 11) is 0. The summed E-state index contributed by atoms with van der Waals surface area (Å²) in [5.74, 6) is 0.965. The Kier molecular flexibility index (Phi) is 5.09. The van der Waals surface area contributed by atoms with Gasteiger partial charge in [0.1, 0.15) is 5.37 Å². The molecule has 1 heterocycles. The van der Waals surface area contributed by atoms with E-state index in [4.69, 9.17) is 0 Å². The van der Waals surface area contributed by atoms with E-state index in [9.17, 15) is 4.79 Å². The van der Waals surface area contributed by atoms with Crippen LogP contribution in [0.1, 0.15) is 42.8 Å². The molecule has 4 heteroatoms. The van der Waals surface area contributed by atoms with Crippen molar-refractivity contribution in [3.63, 3.8) is 0 Å². The molecule has 1 atom stereocenters. The van der Waals surface area contributed by atoms with Crippen LogP contribution < -0.4 is 5.32 Å². The molecular weight excluding hydrogens is 328 g/mol. The Hall–Kier alpha value is -1.94. The van der Waals surface area contributed by atoms with Crippen molar-refractivity contribution in [3.8, 4) is 0 Å². The number of urea groups is 1. The van der Waals surface area contributed by atoms with Gasteiger partial charge >= 0.3 is 6.03 Å². The second-order valence-corrected chi connectivity index (χ2v) is 8.78. The third-order valence-corrected chi connectivity index (χ3v) is 5.74. The average molecular weight is 355 g/mol. The maximum absolute atomic E-state index is 12.7. The zero-order chi connectivity index (χ0) is 18.0. The van der Waals surface area contributed by atoms with Crippen LogP contribution in [0.2, 0.25) is 0 Å². The van der Waals surface area contributed by atoms with Gasteiger partial charge in [-0.2, -0.15) is 0 Å². The van der Waals surface area contributed by atoms with Gasteiger partial charge in [-0.25, -0.2) is 4.79 Å². The van der Waals surface area contributed by atoms with Crippen molar-refractivity contribution < 1.29 is 4.79 Å². The summed E-state index contributed by atoms with van der Waals surface area (Å²) >= 11 is 1.82. The molecule has 2 aromatic carbocycles. The molecule has 1 aliphatic rings. The number of thioether (sulfide) groups is 1. The molecule has 0 bridgehead atoms. The van der Waals surface area contributed by atoms with Crippen LogP contribution in [0.5, 0.6) is 0 Å². The number of hydrogen-bond donors (Lipinski definition) is 1. The molecule has 1 saturated heterocycles. The average Bonchev–Trinajstić information content (AvgIpc) is 3.04. The molecule has 3 nitrogen and oxygen atoms in total. The molecular formula is C21H26N2OS. The van der Waals surface area contributed by atoms with E-state index in [1.165, 1.54) is 11.1 Å². The Bertz CT molecular complexity index is 749. The van der Waals surface area contributed by atoms with Crippen LogP contribution in [0.25, 0.3) is 0 Å². The molecule has 3 rings (SSSR count). The van der Waals surface area contributed by atoms with Crippen molar-refractivity contribution in [2.75, 3.05) is 17.6 Å². The number of hydrogen-bond acceptors (Lipinski definition) is 2. The minimum Gasteiger partial charge on any atom is -0.308 e. The minimum absolute atomic E-state index is 0.0273. The summed E-state index contributed by atoms with van der Waals surface area (Å²) in [5.41, 5.74) is 4.64. The summed E-state index contributed by atoms with van der Waals surface area (Å²) < 4.78 is 0. The third kappa shape index (κ3) is 4.18. The molecule has 0 radical (unpaired) electrons. The predicted octanol–water partition coefficient (Wildman–Crippen LogP) is 5.57. The van der Waals surface area contributed by atoms with Crippen molar-refractivity contribution in [2.45, 2.75) is 38.5 Å². The second kappa shape index (κ2) is 7.12. The number of carbonyl (C=O) groups excluding carboxylic acids is 1. The summed E-state index contributed by atoms with van der Waals surface area (Å²) in [6.45, 7) is 9.45. The highest BCUT2D eigenvalue weighted by Gasteiger charge is 2.31. The first-order valence-electron chi connectivity index (χ1n) is 8.71. The van der Waals surface area contributed by atoms with Crippen molar-refractivity contribution in [1.29, 1.82) is 0 Å². The van der Waals surface area contributed by atoms with Gasteiger partial charge in [0.05, 0.1) is 0 Å². The number of nitrogens with one attached hydrogen (secondary N) is 1. The SMILES string of the molecule is Cc1cccc(NC(=O)N2CCSC2c2ccc(C(C)(C)C)cc2)c1. The van der Waals surface area contributed by atoms with Gasteiger partial charge < -0.3 is 10.2 Å². The first-order chi connectivity index (χ1) is 11.8. The molecule has 132 valence electrons. The molecule has 1 fully saturated rings. The quantitative estimate of drug-likeness (QED) is 0.764. The molecule has 25 heavy (non-hydrogen) atoms. The highest BCUT2D eigenvalue weighted by Crippen LogP contribution is 2.38. The second-order valence-electron chi connectivity index (χ2n) is 7.59. The van der Waals surface area contributed by atoms with Gasteiger partial charge in [0.2, 0.25) is 0 Å². The number of nitrogens with zero attached hydrogens (tertiary/aromatic N) is 1. The number of benzene rings is 2. The van der Waals surface area contributed by atoms with Crippen LogP contribution in [-0.4, -0.2) is 23.2 Å². The molecule has 1 aliphatic heterocycles. The fourth-order valence-corrected chi connectivity index (χ4v) is 4.28. The van der Waals surface area contributed by atoms with E-state index in [0.29, 0.717) is 0 Å². The van der Waals surface area contributed by atoms with E-state index in [2.05, 4.69) is 50.4 Å². The van der Waals surface area contributed by atoms with Gasteiger partial charge in [-0.3, -0.25) is 0 Å². The van der Waals surface area contributed by atoms with E-state index in [1.807, 2.05) is 47.9 Å². The zero-order valence-corrected chi connectivity index (χ0v) is 16.2. The standard InChI is InChI=1S/C21H26N2OS/c1-15-6-5-7-18(14-15)22-20(24)23-12-13-25-19(23)16-8-10-17(11-9-16)21(2,3)4/h5-11,14,19H,12-13H2,1-4H3,(H,22,24). The zero-order valence-electron chi connectivity index (χ0n) is 15.4. The first kappa shape index (κ1) is 17.9. The van der Waals surface area contributed by atoms with Gasteiger partial charge in [-0.1, -0.05) is 57.2 Å². The first-order valence-corrected chi connectivity index (χ1v) is 9.76. The smallest absolute Gasteiger partial charge is 0.308 e. The van der Waals surface area contributed by atoms with Crippen LogP contribution in [-0.2, 0) is 5.41 Å². The van der Waals surface area contributed by atoms with Gasteiger partial charge in [0.25, 0.3) is 0 Å². The molecule has 0 spiro atoms. The fourth-order valence-electron chi connectivity index (χ4n) is 3.02. The molecule has 2 aromatic rings. The Balaban J connectivity index is 1.74. The number of rotatable bonds is 2. The molecule has 0 aliphatic carbocycles. The number of carbonyl (C=O) groups is 1. The van der Waals surface area contributed by atoms with Crippen molar-refractivity contribution in [1.82, 2.24) is 4.90 Å². The van der Waals surface area contributed by atoms with Crippen molar-refractivity contribution in [3.05, 3.63) is 65.2 Å². The molecule has 2 amide bonds. The maximum Gasteiger partial charge on any atom is 0.323 e. The van der Waals surface area contributed by atoms with Crippen molar-refractivity contribution in [2.24, 2.45) is 0 Å². The van der Waals surface area contributed by atoms with Crippen LogP contribution in [0.15, 0.2) is 48.5 Å². The lowest BCUT2D eigenvalue weighted by Crippen LogP contribution is -2.34. The monoisotopic (exact) mass is 354 g/mol. The Morgan fingerprint density at radius 3 is 2.52 bits per heavy atom. The lowest BCUT2D eigenvalue weighted by molar-refractivity contribution is 0.214. The van der Waals surface area contributed by atoms with Crippen LogP contribution in [0, 0.1) is 6.92 Å². The fraction of sp³-hybridized carbons (Fsp3) is 0.381. The molecule has 1 unspecified atom stereocenters. The normalized spacial score (nSPS) is 17.6. The minimum atomic E-state index is -0.0273. The van der Waals surface area contributed by atoms with E-state index >= 15 is 0 Å². The van der Waals surface area contributed by atoms with E-state index < -0.39 is 0 Å². The Labute approximate surface area is 154 Å². The molecule has 0 aromatic heterocycles. The summed E-state index contributed by atoms with van der Waals surface area (Å²) in [6.07, 6.45) is 0. The summed E-state index contributed by atoms with van der Waals surface area (Å²) in [5, 5.41) is 3.12. The predicted molar refractivity (Wildman–Crippen MR) is 107 cm³/mol. The lowest BCUT2D eigenvalue weighted by atomic mass is 9.87. The summed E-state index contributed by atoms with van der Waals surface area (Å²) in [4.78, 5) is 14.7. The van der Waals surface area contributed by atoms with Crippen molar-refractivity contribution >= 4 is 23.5 Å². The van der Waals surface area contributed by atoms with Gasteiger partial charge in [-0.05, 0) is 41.2 Å². The van der Waals surface area contributed by atoms with E-state index in [0.717, 1.165) is 23.5 Å². The highest BCUT2D eigenvalue weighted by molar-refractivity contribution is 7.99. The number of aryl methyl sites for hydroxylation is 1. The third-order valence-electron chi connectivity index (χ3n) is 4.48. The van der Waals surface area contributed by atoms with Gasteiger partial charge in [0.15, 0.2) is 0 Å². The van der Waals surface area contributed by atoms with Crippen LogP contribution in [0.4, 0.5) is 10.5 Å². The largest absolute Gasteiger partial charge is 0.323 e. The highest BCUT2D eigenvalue weighted by atomic mass is 32.2. The van der Waals surface area contributed by atoms with Gasteiger partial charge in [0, 0.05) is 18.0 Å². The van der Waals surface area contributed by atoms with Crippen LogP contribution >= 0.6 is 11.8 Å². The van der Waals surface area contributed by atoms with E-state index in [1.54, 1.807) is 0 Å². The van der Waals surface area contributed by atoms with Gasteiger partial charge in [-0.15, -0.1) is 11.8 Å². The number of anilines is 1. The maximum atomic E-state index is 12.7. The summed E-state index contributed by atoms with van der Waals surface area (Å²) in [6, 6.07) is 16.6. The molecule has 1 N–H and O–H groups in total. The van der Waals surface area contributed by atoms with E-state index in [-0.39, 0.29) is 16.8 Å². The topological polar surface area (TPSA) is 32.3 Å². The lowest BCUT2D eigenvalue weighted by Gasteiger charge is -2.25. The van der Waals surface area contributed by atoms with Crippen LogP contribution in [0.3, 0.4) is 0 Å². The molecule has 0 saturated carbocycles. The Morgan fingerprint density at radius 2 is 1.88 bits per heavy atom. The Morgan fingerprint density at radius 1 is 1.16 bits per heavy atom.